The number of aryl methyl sites for hydroxylation is 1. The van der Waals surface area contributed by atoms with Crippen LogP contribution < -0.4 is 4.74 Å². The first-order chi connectivity index (χ1) is 13.0. The first-order valence-electron chi connectivity index (χ1n) is 10.2. The molecule has 1 aliphatic heterocycles. The molecule has 0 bridgehead atoms. The highest BCUT2D eigenvalue weighted by atomic mass is 16.6. The van der Waals surface area contributed by atoms with Gasteiger partial charge in [0.2, 0.25) is 0 Å². The fourth-order valence-electron chi connectivity index (χ4n) is 4.75. The molecular weight excluding hydrogens is 344 g/mol. The Morgan fingerprint density at radius 3 is 2.59 bits per heavy atom. The standard InChI is InChI=1S/C22H30O5/c1-3-18-19(24)10-9-15(21(18)26-4-2)11-12-22(16-7-5-6-8-16)14-17(23)13-20(25)27-22/h9-10,16,24H,3-8,11-14H2,1-2H3/t22-/m0/s1. The van der Waals surface area contributed by atoms with Crippen molar-refractivity contribution in [2.24, 2.45) is 5.92 Å². The molecule has 1 aromatic carbocycles. The van der Waals surface area contributed by atoms with E-state index in [1.165, 1.54) is 0 Å². The lowest BCUT2D eigenvalue weighted by Crippen LogP contribution is -2.48. The third-order valence-corrected chi connectivity index (χ3v) is 6.03. The largest absolute Gasteiger partial charge is 0.508 e. The van der Waals surface area contributed by atoms with Crippen LogP contribution in [-0.4, -0.2) is 29.1 Å². The lowest BCUT2D eigenvalue weighted by atomic mass is 9.76. The number of esters is 1. The number of aromatic hydroxyl groups is 1. The van der Waals surface area contributed by atoms with Crippen molar-refractivity contribution in [3.8, 4) is 11.5 Å². The van der Waals surface area contributed by atoms with E-state index >= 15 is 0 Å². The molecule has 0 unspecified atom stereocenters. The number of rotatable bonds is 7. The Bertz CT molecular complexity index is 687. The average molecular weight is 374 g/mol. The van der Waals surface area contributed by atoms with Gasteiger partial charge in [-0.25, -0.2) is 0 Å². The molecule has 27 heavy (non-hydrogen) atoms. The zero-order valence-corrected chi connectivity index (χ0v) is 16.4. The van der Waals surface area contributed by atoms with Crippen molar-refractivity contribution in [1.82, 2.24) is 0 Å². The number of ether oxygens (including phenoxy) is 2. The number of hydrogen-bond acceptors (Lipinski definition) is 5. The summed E-state index contributed by atoms with van der Waals surface area (Å²) in [6.07, 6.45) is 6.44. The summed E-state index contributed by atoms with van der Waals surface area (Å²) in [5, 5.41) is 10.2. The highest BCUT2D eigenvalue weighted by molar-refractivity contribution is 5.98. The predicted octanol–water partition coefficient (Wildman–Crippen LogP) is 4.12. The second-order valence-corrected chi connectivity index (χ2v) is 7.75. The summed E-state index contributed by atoms with van der Waals surface area (Å²) in [6, 6.07) is 3.59. The van der Waals surface area contributed by atoms with E-state index in [-0.39, 0.29) is 29.8 Å². The van der Waals surface area contributed by atoms with Crippen molar-refractivity contribution < 1.29 is 24.2 Å². The van der Waals surface area contributed by atoms with E-state index in [1.807, 2.05) is 19.9 Å². The smallest absolute Gasteiger partial charge is 0.313 e. The number of Topliss-reactive ketones (excluding diaryl/α,β-unsaturated/α-hetero) is 1. The lowest BCUT2D eigenvalue weighted by Gasteiger charge is -2.41. The van der Waals surface area contributed by atoms with Crippen LogP contribution in [0.1, 0.15) is 69.9 Å². The third kappa shape index (κ3) is 4.12. The van der Waals surface area contributed by atoms with Crippen molar-refractivity contribution in [1.29, 1.82) is 0 Å². The van der Waals surface area contributed by atoms with Gasteiger partial charge in [0.25, 0.3) is 0 Å². The van der Waals surface area contributed by atoms with E-state index in [0.29, 0.717) is 32.3 Å². The first-order valence-corrected chi connectivity index (χ1v) is 10.2. The summed E-state index contributed by atoms with van der Waals surface area (Å²) in [7, 11) is 0. The summed E-state index contributed by atoms with van der Waals surface area (Å²) >= 11 is 0. The van der Waals surface area contributed by atoms with Crippen molar-refractivity contribution >= 4 is 11.8 Å². The molecule has 0 spiro atoms. The van der Waals surface area contributed by atoms with E-state index in [4.69, 9.17) is 9.47 Å². The number of carbonyl (C=O) groups excluding carboxylic acids is 2. The summed E-state index contributed by atoms with van der Waals surface area (Å²) < 4.78 is 11.7. The normalized spacial score (nSPS) is 23.5. The van der Waals surface area contributed by atoms with E-state index in [2.05, 4.69) is 0 Å². The molecule has 148 valence electrons. The van der Waals surface area contributed by atoms with E-state index in [0.717, 1.165) is 42.6 Å². The topological polar surface area (TPSA) is 72.8 Å². The molecule has 1 saturated carbocycles. The van der Waals surface area contributed by atoms with Crippen LogP contribution in [0.5, 0.6) is 11.5 Å². The van der Waals surface area contributed by atoms with Gasteiger partial charge < -0.3 is 14.6 Å². The SMILES string of the molecule is CCOc1c(CC[C@@]2(C3CCCC3)CC(=O)CC(=O)O2)ccc(O)c1CC. The summed E-state index contributed by atoms with van der Waals surface area (Å²) in [5.41, 5.74) is 1.12. The minimum atomic E-state index is -0.684. The molecular formula is C22H30O5. The summed E-state index contributed by atoms with van der Waals surface area (Å²) in [6.45, 7) is 4.43. The van der Waals surface area contributed by atoms with E-state index in [1.54, 1.807) is 6.07 Å². The second kappa shape index (κ2) is 8.32. The molecule has 5 heteroatoms. The van der Waals surface area contributed by atoms with Gasteiger partial charge in [0.1, 0.15) is 29.3 Å². The lowest BCUT2D eigenvalue weighted by molar-refractivity contribution is -0.178. The molecule has 1 aromatic rings. The number of phenols is 1. The van der Waals surface area contributed by atoms with Gasteiger partial charge >= 0.3 is 5.97 Å². The average Bonchev–Trinajstić information content (AvgIpc) is 3.16. The first kappa shape index (κ1) is 19.7. The van der Waals surface area contributed by atoms with Crippen LogP contribution >= 0.6 is 0 Å². The maximum absolute atomic E-state index is 12.2. The quantitative estimate of drug-likeness (QED) is 0.574. The summed E-state index contributed by atoms with van der Waals surface area (Å²) in [5.74, 6) is 0.833. The number of phenolic OH excluding ortho intramolecular Hbond substituents is 1. The molecule has 1 N–H and O–H groups in total. The van der Waals surface area contributed by atoms with Crippen LogP contribution in [0, 0.1) is 5.92 Å². The number of cyclic esters (lactones) is 1. The van der Waals surface area contributed by atoms with Gasteiger partial charge in [-0.3, -0.25) is 9.59 Å². The van der Waals surface area contributed by atoms with Gasteiger partial charge in [0, 0.05) is 12.0 Å². The molecule has 2 aliphatic rings. The molecule has 0 radical (unpaired) electrons. The van der Waals surface area contributed by atoms with Crippen molar-refractivity contribution in [2.45, 2.75) is 77.2 Å². The Kier molecular flexibility index (Phi) is 6.08. The van der Waals surface area contributed by atoms with Crippen LogP contribution in [0.4, 0.5) is 0 Å². The minimum Gasteiger partial charge on any atom is -0.508 e. The predicted molar refractivity (Wildman–Crippen MR) is 102 cm³/mol. The Morgan fingerprint density at radius 1 is 1.22 bits per heavy atom. The van der Waals surface area contributed by atoms with Crippen LogP contribution in [0.2, 0.25) is 0 Å². The second-order valence-electron chi connectivity index (χ2n) is 7.75. The Hall–Kier alpha value is -2.04. The molecule has 3 rings (SSSR count). The molecule has 2 fully saturated rings. The monoisotopic (exact) mass is 374 g/mol. The van der Waals surface area contributed by atoms with E-state index < -0.39 is 5.60 Å². The maximum Gasteiger partial charge on any atom is 0.313 e. The molecule has 1 saturated heterocycles. The molecule has 1 heterocycles. The van der Waals surface area contributed by atoms with Gasteiger partial charge in [0.15, 0.2) is 0 Å². The molecule has 0 amide bonds. The number of benzene rings is 1. The Labute approximate surface area is 161 Å². The maximum atomic E-state index is 12.2. The van der Waals surface area contributed by atoms with Crippen molar-refractivity contribution in [3.05, 3.63) is 23.3 Å². The van der Waals surface area contributed by atoms with Crippen LogP contribution in [0.15, 0.2) is 12.1 Å². The molecule has 1 aliphatic carbocycles. The zero-order valence-electron chi connectivity index (χ0n) is 16.4. The zero-order chi connectivity index (χ0) is 19.4. The Morgan fingerprint density at radius 2 is 1.96 bits per heavy atom. The minimum absolute atomic E-state index is 0.0110. The highest BCUT2D eigenvalue weighted by Gasteiger charge is 2.47. The van der Waals surface area contributed by atoms with Gasteiger partial charge in [-0.15, -0.1) is 0 Å². The molecule has 0 aromatic heterocycles. The number of ketones is 1. The fourth-order valence-corrected chi connectivity index (χ4v) is 4.75. The molecule has 5 nitrogen and oxygen atoms in total. The Balaban J connectivity index is 1.88. The van der Waals surface area contributed by atoms with E-state index in [9.17, 15) is 14.7 Å². The van der Waals surface area contributed by atoms with Crippen molar-refractivity contribution in [3.63, 3.8) is 0 Å². The highest BCUT2D eigenvalue weighted by Crippen LogP contribution is 2.44. The summed E-state index contributed by atoms with van der Waals surface area (Å²) in [4.78, 5) is 24.3. The van der Waals surface area contributed by atoms with Gasteiger partial charge in [-0.2, -0.15) is 0 Å². The van der Waals surface area contributed by atoms with Gasteiger partial charge in [-0.1, -0.05) is 25.8 Å². The number of carbonyl (C=O) groups is 2. The number of hydrogen-bond donors (Lipinski definition) is 1. The molecule has 1 atom stereocenters. The van der Waals surface area contributed by atoms with Gasteiger partial charge in [-0.05, 0) is 56.6 Å². The third-order valence-electron chi connectivity index (χ3n) is 6.03. The van der Waals surface area contributed by atoms with Crippen molar-refractivity contribution in [2.75, 3.05) is 6.61 Å². The van der Waals surface area contributed by atoms with Crippen LogP contribution in [-0.2, 0) is 27.2 Å². The van der Waals surface area contributed by atoms with Gasteiger partial charge in [0.05, 0.1) is 6.61 Å². The van der Waals surface area contributed by atoms with Crippen LogP contribution in [0.25, 0.3) is 0 Å². The van der Waals surface area contributed by atoms with Crippen LogP contribution in [0.3, 0.4) is 0 Å². The fraction of sp³-hybridized carbons (Fsp3) is 0.636.